The second kappa shape index (κ2) is 9.40. The van der Waals surface area contributed by atoms with Gasteiger partial charge in [0, 0.05) is 66.2 Å². The Morgan fingerprint density at radius 1 is 1.09 bits per heavy atom. The first-order valence-corrected chi connectivity index (χ1v) is 13.4. The van der Waals surface area contributed by atoms with Crippen molar-refractivity contribution in [3.8, 4) is 11.3 Å². The van der Waals surface area contributed by atoms with Crippen LogP contribution in [0.2, 0.25) is 0 Å². The SMILES string of the molecule is CCn1cc(-c2[nH]c3ccc(C4CCC(N5CCOCC5)CC4)nc3c2C(C)C)c2cccnc21. The maximum absolute atomic E-state index is 5.56. The molecule has 0 unspecified atom stereocenters. The van der Waals surface area contributed by atoms with Crippen LogP contribution in [0.25, 0.3) is 33.3 Å². The molecule has 0 bridgehead atoms. The van der Waals surface area contributed by atoms with Crippen molar-refractivity contribution in [1.29, 1.82) is 0 Å². The number of nitrogens with one attached hydrogen (secondary N) is 1. The van der Waals surface area contributed by atoms with Gasteiger partial charge in [0.05, 0.1) is 29.9 Å². The third-order valence-corrected chi connectivity index (χ3v) is 8.20. The minimum Gasteiger partial charge on any atom is -0.379 e. The van der Waals surface area contributed by atoms with E-state index < -0.39 is 0 Å². The molecule has 1 saturated carbocycles. The largest absolute Gasteiger partial charge is 0.379 e. The number of aromatic amines is 1. The fourth-order valence-corrected chi connectivity index (χ4v) is 6.34. The van der Waals surface area contributed by atoms with Gasteiger partial charge in [-0.15, -0.1) is 0 Å². The maximum atomic E-state index is 5.56. The van der Waals surface area contributed by atoms with Gasteiger partial charge in [-0.2, -0.15) is 0 Å². The van der Waals surface area contributed by atoms with Gasteiger partial charge in [0.2, 0.25) is 0 Å². The van der Waals surface area contributed by atoms with E-state index in [1.807, 2.05) is 12.3 Å². The molecule has 2 aliphatic rings. The molecule has 4 aromatic heterocycles. The van der Waals surface area contributed by atoms with Gasteiger partial charge in [0.1, 0.15) is 5.65 Å². The quantitative estimate of drug-likeness (QED) is 0.383. The lowest BCUT2D eigenvalue weighted by molar-refractivity contribution is 0.00721. The summed E-state index contributed by atoms with van der Waals surface area (Å²) >= 11 is 0. The molecule has 6 heteroatoms. The summed E-state index contributed by atoms with van der Waals surface area (Å²) in [6.45, 7) is 11.6. The summed E-state index contributed by atoms with van der Waals surface area (Å²) in [4.78, 5) is 16.4. The molecule has 6 nitrogen and oxygen atoms in total. The van der Waals surface area contributed by atoms with Crippen LogP contribution in [0.3, 0.4) is 0 Å². The van der Waals surface area contributed by atoms with E-state index in [1.165, 1.54) is 53.6 Å². The van der Waals surface area contributed by atoms with E-state index in [0.29, 0.717) is 17.9 Å². The molecule has 0 radical (unpaired) electrons. The fraction of sp³-hybridized carbons (Fsp3) is 0.517. The van der Waals surface area contributed by atoms with E-state index in [9.17, 15) is 0 Å². The van der Waals surface area contributed by atoms with Crippen LogP contribution in [-0.2, 0) is 11.3 Å². The van der Waals surface area contributed by atoms with Gasteiger partial charge >= 0.3 is 0 Å². The van der Waals surface area contributed by atoms with Crippen molar-refractivity contribution < 1.29 is 4.74 Å². The summed E-state index contributed by atoms with van der Waals surface area (Å²) in [7, 11) is 0. The molecule has 1 aliphatic heterocycles. The van der Waals surface area contributed by atoms with E-state index in [-0.39, 0.29) is 0 Å². The van der Waals surface area contributed by atoms with Crippen molar-refractivity contribution in [1.82, 2.24) is 24.4 Å². The average Bonchev–Trinajstić information content (AvgIpc) is 3.47. The first-order valence-electron chi connectivity index (χ1n) is 13.4. The number of fused-ring (bicyclic) bond motifs is 2. The highest BCUT2D eigenvalue weighted by molar-refractivity contribution is 5.98. The van der Waals surface area contributed by atoms with Crippen LogP contribution in [0.1, 0.15) is 69.5 Å². The monoisotopic (exact) mass is 471 g/mol. The van der Waals surface area contributed by atoms with Crippen LogP contribution in [0.4, 0.5) is 0 Å². The van der Waals surface area contributed by atoms with E-state index in [1.54, 1.807) is 0 Å². The summed E-state index contributed by atoms with van der Waals surface area (Å²) in [5.41, 5.74) is 8.33. The number of pyridine rings is 2. The Morgan fingerprint density at radius 2 is 1.89 bits per heavy atom. The van der Waals surface area contributed by atoms with E-state index in [2.05, 4.69) is 64.6 Å². The molecule has 1 aliphatic carbocycles. The van der Waals surface area contributed by atoms with Crippen molar-refractivity contribution >= 4 is 22.1 Å². The Morgan fingerprint density at radius 3 is 2.63 bits per heavy atom. The van der Waals surface area contributed by atoms with Crippen LogP contribution in [0, 0.1) is 0 Å². The Kier molecular flexibility index (Phi) is 6.11. The predicted octanol–water partition coefficient (Wildman–Crippen LogP) is 6.08. The molecule has 0 atom stereocenters. The number of hydrogen-bond donors (Lipinski definition) is 1. The minimum absolute atomic E-state index is 0.371. The van der Waals surface area contributed by atoms with Crippen LogP contribution in [-0.4, -0.2) is 56.8 Å². The molecule has 1 N–H and O–H groups in total. The molecule has 184 valence electrons. The van der Waals surface area contributed by atoms with Gasteiger partial charge in [-0.25, -0.2) is 4.98 Å². The maximum Gasteiger partial charge on any atom is 0.140 e. The third kappa shape index (κ3) is 4.07. The fourth-order valence-electron chi connectivity index (χ4n) is 6.34. The molecular weight excluding hydrogens is 434 g/mol. The predicted molar refractivity (Wildman–Crippen MR) is 142 cm³/mol. The zero-order chi connectivity index (χ0) is 23.9. The number of nitrogens with zero attached hydrogens (tertiary/aromatic N) is 4. The third-order valence-electron chi connectivity index (χ3n) is 8.20. The lowest BCUT2D eigenvalue weighted by Crippen LogP contribution is -2.44. The highest BCUT2D eigenvalue weighted by Gasteiger charge is 2.29. The molecule has 0 amide bonds. The second-order valence-electron chi connectivity index (χ2n) is 10.6. The Balaban J connectivity index is 1.34. The minimum atomic E-state index is 0.371. The zero-order valence-electron chi connectivity index (χ0n) is 21.3. The van der Waals surface area contributed by atoms with Crippen LogP contribution in [0.15, 0.2) is 36.7 Å². The molecular formula is C29H37N5O. The topological polar surface area (TPSA) is 59.0 Å². The Hall–Kier alpha value is -2.70. The number of hydrogen-bond acceptors (Lipinski definition) is 4. The van der Waals surface area contributed by atoms with Gasteiger partial charge in [0.25, 0.3) is 0 Å². The highest BCUT2D eigenvalue weighted by atomic mass is 16.5. The molecule has 1 saturated heterocycles. The summed E-state index contributed by atoms with van der Waals surface area (Å²) in [6.07, 6.45) is 9.12. The first kappa shape index (κ1) is 22.7. The summed E-state index contributed by atoms with van der Waals surface area (Å²) < 4.78 is 7.80. The number of aryl methyl sites for hydroxylation is 1. The van der Waals surface area contributed by atoms with E-state index in [0.717, 1.165) is 49.5 Å². The van der Waals surface area contributed by atoms with Crippen molar-refractivity contribution in [3.05, 3.63) is 47.9 Å². The van der Waals surface area contributed by atoms with E-state index in [4.69, 9.17) is 9.72 Å². The van der Waals surface area contributed by atoms with Gasteiger partial charge in [-0.05, 0) is 62.8 Å². The lowest BCUT2D eigenvalue weighted by atomic mass is 9.83. The lowest BCUT2D eigenvalue weighted by Gasteiger charge is -2.38. The Labute approximate surface area is 207 Å². The van der Waals surface area contributed by atoms with Gasteiger partial charge in [-0.1, -0.05) is 13.8 Å². The number of aromatic nitrogens is 4. The van der Waals surface area contributed by atoms with Gasteiger partial charge in [0.15, 0.2) is 0 Å². The normalized spacial score (nSPS) is 21.9. The molecule has 5 heterocycles. The molecule has 35 heavy (non-hydrogen) atoms. The molecule has 0 spiro atoms. The highest BCUT2D eigenvalue weighted by Crippen LogP contribution is 2.40. The van der Waals surface area contributed by atoms with Crippen LogP contribution >= 0.6 is 0 Å². The molecule has 4 aromatic rings. The number of rotatable bonds is 5. The number of ether oxygens (including phenoxy) is 1. The van der Waals surface area contributed by atoms with Gasteiger partial charge < -0.3 is 14.3 Å². The summed E-state index contributed by atoms with van der Waals surface area (Å²) in [5.74, 6) is 0.927. The molecule has 0 aromatic carbocycles. The summed E-state index contributed by atoms with van der Waals surface area (Å²) in [6, 6.07) is 9.47. The van der Waals surface area contributed by atoms with Crippen molar-refractivity contribution in [2.24, 2.45) is 0 Å². The van der Waals surface area contributed by atoms with Crippen molar-refractivity contribution in [2.45, 2.75) is 70.9 Å². The smallest absolute Gasteiger partial charge is 0.140 e. The van der Waals surface area contributed by atoms with Crippen LogP contribution in [0.5, 0.6) is 0 Å². The zero-order valence-corrected chi connectivity index (χ0v) is 21.3. The number of morpholine rings is 1. The first-order chi connectivity index (χ1) is 17.1. The average molecular weight is 472 g/mol. The molecule has 6 rings (SSSR count). The standard InChI is InChI=1S/C29H37N5O/c1-4-33-18-23(22-6-5-13-30-29(22)33)27-26(19(2)3)28-25(32-27)12-11-24(31-28)20-7-9-21(10-8-20)34-14-16-35-17-15-34/h5-6,11-13,18-21,32H,4,7-10,14-17H2,1-3H3. The second-order valence-corrected chi connectivity index (χ2v) is 10.6. The van der Waals surface area contributed by atoms with Crippen molar-refractivity contribution in [3.63, 3.8) is 0 Å². The number of H-pyrrole nitrogens is 1. The van der Waals surface area contributed by atoms with Crippen molar-refractivity contribution in [2.75, 3.05) is 26.3 Å². The van der Waals surface area contributed by atoms with Crippen LogP contribution < -0.4 is 0 Å². The Bertz CT molecular complexity index is 1320. The molecule has 2 fully saturated rings. The summed E-state index contributed by atoms with van der Waals surface area (Å²) in [5, 5.41) is 1.20. The van der Waals surface area contributed by atoms with E-state index >= 15 is 0 Å². The van der Waals surface area contributed by atoms with Gasteiger partial charge in [-0.3, -0.25) is 9.88 Å².